The topological polar surface area (TPSA) is 65.2 Å². The molecule has 0 radical (unpaired) electrons. The number of aromatic nitrogens is 1. The van der Waals surface area contributed by atoms with Crippen molar-refractivity contribution in [2.24, 2.45) is 0 Å². The Bertz CT molecular complexity index is 885. The molecule has 1 unspecified atom stereocenters. The number of carbonyl (C=O) groups excluding carboxylic acids is 2. The molecule has 0 bridgehead atoms. The van der Waals surface area contributed by atoms with Crippen LogP contribution in [-0.2, 0) is 11.2 Å². The Balaban J connectivity index is 1.58. The second kappa shape index (κ2) is 5.28. The highest BCUT2D eigenvalue weighted by Gasteiger charge is 2.38. The van der Waals surface area contributed by atoms with Crippen LogP contribution in [0.15, 0.2) is 60.8 Å². The van der Waals surface area contributed by atoms with E-state index in [0.717, 1.165) is 16.5 Å². The third kappa shape index (κ3) is 2.36. The quantitative estimate of drug-likeness (QED) is 0.731. The van der Waals surface area contributed by atoms with E-state index in [2.05, 4.69) is 10.3 Å². The van der Waals surface area contributed by atoms with E-state index in [1.165, 1.54) is 4.90 Å². The lowest BCUT2D eigenvalue weighted by Crippen LogP contribution is -2.32. The Kier molecular flexibility index (Phi) is 3.12. The average molecular weight is 305 g/mol. The van der Waals surface area contributed by atoms with Gasteiger partial charge < -0.3 is 10.3 Å². The summed E-state index contributed by atoms with van der Waals surface area (Å²) in [6.07, 6.45) is 2.36. The van der Waals surface area contributed by atoms with E-state index < -0.39 is 6.04 Å². The second-order valence-corrected chi connectivity index (χ2v) is 5.61. The highest BCUT2D eigenvalue weighted by molar-refractivity contribution is 6.21. The molecule has 4 rings (SSSR count). The number of amides is 3. The van der Waals surface area contributed by atoms with Gasteiger partial charge in [-0.15, -0.1) is 0 Å². The van der Waals surface area contributed by atoms with Gasteiger partial charge in [0.15, 0.2) is 0 Å². The number of carbonyl (C=O) groups is 2. The van der Waals surface area contributed by atoms with E-state index in [1.54, 1.807) is 12.1 Å². The molecular weight excluding hydrogens is 290 g/mol. The number of hydrogen-bond donors (Lipinski definition) is 2. The van der Waals surface area contributed by atoms with Gasteiger partial charge in [-0.25, -0.2) is 9.69 Å². The molecule has 2 heterocycles. The van der Waals surface area contributed by atoms with Crippen molar-refractivity contribution in [3.63, 3.8) is 0 Å². The van der Waals surface area contributed by atoms with Gasteiger partial charge in [-0.1, -0.05) is 24.3 Å². The van der Waals surface area contributed by atoms with E-state index >= 15 is 0 Å². The van der Waals surface area contributed by atoms with Crippen LogP contribution in [0.2, 0.25) is 0 Å². The molecule has 1 aliphatic rings. The molecule has 1 atom stereocenters. The number of aromatic amines is 1. The summed E-state index contributed by atoms with van der Waals surface area (Å²) in [6, 6.07) is 16.1. The van der Waals surface area contributed by atoms with Gasteiger partial charge >= 0.3 is 6.03 Å². The number of hydrogen-bond acceptors (Lipinski definition) is 2. The summed E-state index contributed by atoms with van der Waals surface area (Å²) < 4.78 is 0. The van der Waals surface area contributed by atoms with Crippen LogP contribution >= 0.6 is 0 Å². The highest BCUT2D eigenvalue weighted by Crippen LogP contribution is 2.22. The van der Waals surface area contributed by atoms with Crippen molar-refractivity contribution in [2.75, 3.05) is 4.90 Å². The van der Waals surface area contributed by atoms with Gasteiger partial charge in [-0.2, -0.15) is 0 Å². The molecule has 1 aliphatic heterocycles. The predicted octanol–water partition coefficient (Wildman–Crippen LogP) is 2.84. The normalized spacial score (nSPS) is 17.7. The number of benzene rings is 2. The minimum Gasteiger partial charge on any atom is -0.361 e. The van der Waals surface area contributed by atoms with E-state index in [-0.39, 0.29) is 11.9 Å². The first-order chi connectivity index (χ1) is 11.2. The smallest absolute Gasteiger partial charge is 0.329 e. The number of fused-ring (bicyclic) bond motifs is 1. The molecule has 0 aliphatic carbocycles. The van der Waals surface area contributed by atoms with Gasteiger partial charge in [0.1, 0.15) is 6.04 Å². The van der Waals surface area contributed by atoms with Gasteiger partial charge in [0.25, 0.3) is 5.91 Å². The summed E-state index contributed by atoms with van der Waals surface area (Å²) in [7, 11) is 0. The van der Waals surface area contributed by atoms with Crippen LogP contribution in [0.3, 0.4) is 0 Å². The van der Waals surface area contributed by atoms with E-state index in [9.17, 15) is 9.59 Å². The molecule has 23 heavy (non-hydrogen) atoms. The molecule has 0 spiro atoms. The molecule has 3 amide bonds. The fraction of sp³-hybridized carbons (Fsp3) is 0.111. The Hall–Kier alpha value is -3.08. The first kappa shape index (κ1) is 13.6. The Labute approximate surface area is 132 Å². The number of anilines is 1. The van der Waals surface area contributed by atoms with Gasteiger partial charge in [-0.05, 0) is 41.3 Å². The predicted molar refractivity (Wildman–Crippen MR) is 88.3 cm³/mol. The summed E-state index contributed by atoms with van der Waals surface area (Å²) in [5.74, 6) is -0.213. The monoisotopic (exact) mass is 305 g/mol. The number of nitrogens with one attached hydrogen (secondary N) is 2. The molecule has 1 fully saturated rings. The maximum Gasteiger partial charge on any atom is 0.329 e. The second-order valence-electron chi connectivity index (χ2n) is 5.61. The first-order valence-electron chi connectivity index (χ1n) is 7.48. The fourth-order valence-corrected chi connectivity index (χ4v) is 2.96. The third-order valence-electron chi connectivity index (χ3n) is 4.09. The van der Waals surface area contributed by atoms with Gasteiger partial charge in [-0.3, -0.25) is 4.79 Å². The number of imide groups is 1. The molecule has 3 aromatic rings. The number of H-pyrrole nitrogens is 1. The molecular formula is C18H15N3O2. The number of para-hydroxylation sites is 1. The van der Waals surface area contributed by atoms with E-state index in [1.807, 2.05) is 48.7 Å². The van der Waals surface area contributed by atoms with Crippen molar-refractivity contribution < 1.29 is 9.59 Å². The SMILES string of the molecule is O=C1NC(Cc2ccc3[nH]ccc3c2)C(=O)N1c1ccccc1. The number of urea groups is 1. The first-order valence-corrected chi connectivity index (χ1v) is 7.48. The lowest BCUT2D eigenvalue weighted by Gasteiger charge is -2.12. The van der Waals surface area contributed by atoms with Crippen molar-refractivity contribution in [3.8, 4) is 0 Å². The van der Waals surface area contributed by atoms with Crippen molar-refractivity contribution in [3.05, 3.63) is 66.4 Å². The molecule has 2 N–H and O–H groups in total. The minimum atomic E-state index is -0.529. The van der Waals surface area contributed by atoms with Crippen LogP contribution in [0.5, 0.6) is 0 Å². The summed E-state index contributed by atoms with van der Waals surface area (Å²) >= 11 is 0. The van der Waals surface area contributed by atoms with Gasteiger partial charge in [0.05, 0.1) is 5.69 Å². The largest absolute Gasteiger partial charge is 0.361 e. The van der Waals surface area contributed by atoms with Crippen LogP contribution < -0.4 is 10.2 Å². The maximum atomic E-state index is 12.6. The van der Waals surface area contributed by atoms with Crippen molar-refractivity contribution in [1.82, 2.24) is 10.3 Å². The Morgan fingerprint density at radius 3 is 2.65 bits per heavy atom. The summed E-state index contributed by atoms with van der Waals surface area (Å²) in [5.41, 5.74) is 2.67. The fourth-order valence-electron chi connectivity index (χ4n) is 2.96. The van der Waals surface area contributed by atoms with Crippen LogP contribution in [-0.4, -0.2) is 23.0 Å². The Morgan fingerprint density at radius 2 is 1.83 bits per heavy atom. The van der Waals surface area contributed by atoms with Crippen molar-refractivity contribution >= 4 is 28.5 Å². The van der Waals surface area contributed by atoms with Crippen LogP contribution in [0, 0.1) is 0 Å². The summed E-state index contributed by atoms with van der Waals surface area (Å²) in [4.78, 5) is 29.1. The van der Waals surface area contributed by atoms with Crippen LogP contribution in [0.25, 0.3) is 10.9 Å². The zero-order valence-corrected chi connectivity index (χ0v) is 12.3. The molecule has 114 valence electrons. The van der Waals surface area contributed by atoms with Crippen molar-refractivity contribution in [1.29, 1.82) is 0 Å². The molecule has 5 nitrogen and oxygen atoms in total. The lowest BCUT2D eigenvalue weighted by atomic mass is 10.0. The van der Waals surface area contributed by atoms with Crippen molar-refractivity contribution in [2.45, 2.75) is 12.5 Å². The van der Waals surface area contributed by atoms with Gasteiger partial charge in [0.2, 0.25) is 0 Å². The Morgan fingerprint density at radius 1 is 1.00 bits per heavy atom. The number of rotatable bonds is 3. The number of nitrogens with zero attached hydrogens (tertiary/aromatic N) is 1. The molecule has 2 aromatic carbocycles. The van der Waals surface area contributed by atoms with Crippen LogP contribution in [0.4, 0.5) is 10.5 Å². The maximum absolute atomic E-state index is 12.6. The highest BCUT2D eigenvalue weighted by atomic mass is 16.2. The molecule has 0 saturated carbocycles. The van der Waals surface area contributed by atoms with E-state index in [0.29, 0.717) is 12.1 Å². The van der Waals surface area contributed by atoms with Crippen LogP contribution in [0.1, 0.15) is 5.56 Å². The molecule has 1 aromatic heterocycles. The zero-order valence-electron chi connectivity index (χ0n) is 12.3. The summed E-state index contributed by atoms with van der Waals surface area (Å²) in [6.45, 7) is 0. The standard InChI is InChI=1S/C18H15N3O2/c22-17-16(11-12-6-7-15-13(10-12)8-9-19-15)20-18(23)21(17)14-4-2-1-3-5-14/h1-10,16,19H,11H2,(H,20,23). The lowest BCUT2D eigenvalue weighted by molar-refractivity contribution is -0.118. The summed E-state index contributed by atoms with van der Waals surface area (Å²) in [5, 5.41) is 3.87. The molecule has 5 heteroatoms. The minimum absolute atomic E-state index is 0.213. The van der Waals surface area contributed by atoms with E-state index in [4.69, 9.17) is 0 Å². The van der Waals surface area contributed by atoms with Gasteiger partial charge in [0, 0.05) is 18.1 Å². The molecule has 1 saturated heterocycles. The average Bonchev–Trinajstić information content (AvgIpc) is 3.13. The third-order valence-corrected chi connectivity index (χ3v) is 4.09. The zero-order chi connectivity index (χ0) is 15.8.